The number of amides is 1. The van der Waals surface area contributed by atoms with Crippen LogP contribution in [-0.4, -0.2) is 45.6 Å². The lowest BCUT2D eigenvalue weighted by Crippen LogP contribution is -2.52. The van der Waals surface area contributed by atoms with Crippen LogP contribution in [0.2, 0.25) is 0 Å². The molecular weight excluding hydrogens is 335 g/mol. The third-order valence-electron chi connectivity index (χ3n) is 3.72. The molecule has 1 fully saturated rings. The number of carbonyl (C=O) groups excluding carboxylic acids is 2. The van der Waals surface area contributed by atoms with Crippen LogP contribution in [0, 0.1) is 0 Å². The van der Waals surface area contributed by atoms with Crippen molar-refractivity contribution in [1.29, 1.82) is 0 Å². The van der Waals surface area contributed by atoms with Gasteiger partial charge in [-0.15, -0.1) is 0 Å². The van der Waals surface area contributed by atoms with Gasteiger partial charge in [0.05, 0.1) is 12.6 Å². The smallest absolute Gasteiger partial charge is 0.435 e. The molecule has 1 saturated heterocycles. The van der Waals surface area contributed by atoms with Crippen molar-refractivity contribution >= 4 is 24.2 Å². The standard InChI is InChI=1S/C16H23FN2O4S/c1-5-22-16(21)23-11(4)19-14-8-6-7-12(17)9-13(14)15(20)18(24-19)10(2)3/h7,9-11,14H,5-6,8H2,1-4H3. The number of hydrogen-bond acceptors (Lipinski definition) is 6. The summed E-state index contributed by atoms with van der Waals surface area (Å²) in [7, 11) is 0. The van der Waals surface area contributed by atoms with Crippen LogP contribution in [0.25, 0.3) is 0 Å². The summed E-state index contributed by atoms with van der Waals surface area (Å²) in [4.78, 5) is 24.3. The third kappa shape index (κ3) is 4.10. The second-order valence-corrected chi connectivity index (χ2v) is 6.83. The summed E-state index contributed by atoms with van der Waals surface area (Å²) < 4.78 is 27.3. The van der Waals surface area contributed by atoms with Gasteiger partial charge in [0.2, 0.25) is 0 Å². The zero-order chi connectivity index (χ0) is 17.9. The van der Waals surface area contributed by atoms with E-state index in [2.05, 4.69) is 0 Å². The van der Waals surface area contributed by atoms with Crippen LogP contribution in [0.4, 0.5) is 9.18 Å². The van der Waals surface area contributed by atoms with Crippen molar-refractivity contribution in [2.45, 2.75) is 58.8 Å². The summed E-state index contributed by atoms with van der Waals surface area (Å²) in [5, 5.41) is 0. The van der Waals surface area contributed by atoms with Crippen LogP contribution in [-0.2, 0) is 14.3 Å². The molecule has 0 aromatic rings. The Hall–Kier alpha value is -1.54. The van der Waals surface area contributed by atoms with Crippen molar-refractivity contribution in [3.8, 4) is 0 Å². The number of allylic oxidation sites excluding steroid dienone is 3. The minimum absolute atomic E-state index is 0.0862. The molecule has 2 rings (SSSR count). The lowest BCUT2D eigenvalue weighted by Gasteiger charge is -2.43. The molecule has 0 saturated carbocycles. The predicted molar refractivity (Wildman–Crippen MR) is 89.3 cm³/mol. The summed E-state index contributed by atoms with van der Waals surface area (Å²) in [5.41, 5.74) is 0.382. The lowest BCUT2D eigenvalue weighted by atomic mass is 10.0. The average molecular weight is 358 g/mol. The fraction of sp³-hybridized carbons (Fsp3) is 0.625. The molecule has 0 aromatic carbocycles. The van der Waals surface area contributed by atoms with E-state index in [1.165, 1.54) is 24.3 Å². The van der Waals surface area contributed by atoms with E-state index < -0.39 is 18.2 Å². The van der Waals surface area contributed by atoms with Gasteiger partial charge in [-0.1, -0.05) is 0 Å². The molecule has 2 unspecified atom stereocenters. The first-order chi connectivity index (χ1) is 11.3. The molecule has 134 valence electrons. The molecule has 6 nitrogen and oxygen atoms in total. The van der Waals surface area contributed by atoms with Crippen LogP contribution >= 0.6 is 12.1 Å². The Balaban J connectivity index is 2.27. The van der Waals surface area contributed by atoms with Crippen molar-refractivity contribution in [3.05, 3.63) is 23.6 Å². The lowest BCUT2D eigenvalue weighted by molar-refractivity contribution is -0.125. The van der Waals surface area contributed by atoms with E-state index in [9.17, 15) is 14.0 Å². The highest BCUT2D eigenvalue weighted by molar-refractivity contribution is 7.95. The van der Waals surface area contributed by atoms with E-state index in [1.807, 2.05) is 18.2 Å². The summed E-state index contributed by atoms with van der Waals surface area (Å²) in [6, 6.07) is -0.414. The van der Waals surface area contributed by atoms with Gasteiger partial charge in [0.25, 0.3) is 5.91 Å². The minimum atomic E-state index is -0.762. The largest absolute Gasteiger partial charge is 0.509 e. The molecule has 1 aliphatic heterocycles. The molecule has 0 N–H and O–H groups in total. The fourth-order valence-electron chi connectivity index (χ4n) is 2.62. The predicted octanol–water partition coefficient (Wildman–Crippen LogP) is 3.56. The molecule has 1 heterocycles. The van der Waals surface area contributed by atoms with E-state index >= 15 is 0 Å². The number of carbonyl (C=O) groups is 2. The Morgan fingerprint density at radius 3 is 2.79 bits per heavy atom. The van der Waals surface area contributed by atoms with Gasteiger partial charge < -0.3 is 9.47 Å². The zero-order valence-corrected chi connectivity index (χ0v) is 15.1. The first kappa shape index (κ1) is 18.8. The SMILES string of the molecule is CCOC(=O)OC(C)N1SN(C(C)C)C(=O)C2=CC(F)=CCCC21. The van der Waals surface area contributed by atoms with Gasteiger partial charge in [-0.25, -0.2) is 9.18 Å². The van der Waals surface area contributed by atoms with E-state index in [1.54, 1.807) is 18.2 Å². The maximum atomic E-state index is 13.8. The Morgan fingerprint density at radius 2 is 2.17 bits per heavy atom. The first-order valence-electron chi connectivity index (χ1n) is 8.05. The Labute approximate surface area is 145 Å². The minimum Gasteiger partial charge on any atom is -0.435 e. The van der Waals surface area contributed by atoms with E-state index in [4.69, 9.17) is 9.47 Å². The Bertz CT molecular complexity index is 564. The van der Waals surface area contributed by atoms with Gasteiger partial charge in [0.15, 0.2) is 6.23 Å². The molecule has 0 aromatic heterocycles. The monoisotopic (exact) mass is 358 g/mol. The summed E-state index contributed by atoms with van der Waals surface area (Å²) >= 11 is 1.21. The van der Waals surface area contributed by atoms with Gasteiger partial charge in [-0.2, -0.15) is 4.31 Å². The second kappa shape index (κ2) is 8.02. The van der Waals surface area contributed by atoms with Gasteiger partial charge in [0, 0.05) is 23.7 Å². The van der Waals surface area contributed by atoms with Crippen molar-refractivity contribution in [1.82, 2.24) is 8.61 Å². The van der Waals surface area contributed by atoms with Gasteiger partial charge >= 0.3 is 6.16 Å². The maximum Gasteiger partial charge on any atom is 0.509 e. The van der Waals surface area contributed by atoms with Crippen molar-refractivity contribution < 1.29 is 23.5 Å². The highest BCUT2D eigenvalue weighted by atomic mass is 32.2. The number of ether oxygens (including phenoxy) is 2. The zero-order valence-electron chi connectivity index (χ0n) is 14.3. The molecule has 1 amide bonds. The second-order valence-electron chi connectivity index (χ2n) is 5.85. The molecule has 1 aliphatic carbocycles. The van der Waals surface area contributed by atoms with Crippen molar-refractivity contribution in [2.75, 3.05) is 6.61 Å². The van der Waals surface area contributed by atoms with Crippen LogP contribution in [0.5, 0.6) is 0 Å². The number of fused-ring (bicyclic) bond motifs is 1. The quantitative estimate of drug-likeness (QED) is 0.566. The fourth-order valence-corrected chi connectivity index (χ4v) is 3.70. The molecule has 0 spiro atoms. The van der Waals surface area contributed by atoms with Crippen LogP contribution in [0.1, 0.15) is 40.5 Å². The maximum absolute atomic E-state index is 13.8. The van der Waals surface area contributed by atoms with Crippen LogP contribution < -0.4 is 0 Å². The molecule has 24 heavy (non-hydrogen) atoms. The van der Waals surface area contributed by atoms with Gasteiger partial charge in [0.1, 0.15) is 5.83 Å². The average Bonchev–Trinajstić information content (AvgIpc) is 2.69. The van der Waals surface area contributed by atoms with E-state index in [-0.39, 0.29) is 24.6 Å². The molecule has 2 aliphatic rings. The number of hydrogen-bond donors (Lipinski definition) is 0. The van der Waals surface area contributed by atoms with Gasteiger partial charge in [-0.3, -0.25) is 9.10 Å². The normalized spacial score (nSPS) is 23.2. The van der Waals surface area contributed by atoms with Crippen molar-refractivity contribution in [2.24, 2.45) is 0 Å². The summed E-state index contributed by atoms with van der Waals surface area (Å²) in [6.45, 7) is 7.39. The molecule has 0 radical (unpaired) electrons. The molecule has 0 bridgehead atoms. The Kier molecular flexibility index (Phi) is 6.28. The topological polar surface area (TPSA) is 59.1 Å². The summed E-state index contributed by atoms with van der Waals surface area (Å²) in [5.74, 6) is -0.611. The third-order valence-corrected chi connectivity index (χ3v) is 5.23. The van der Waals surface area contributed by atoms with Crippen LogP contribution in [0.15, 0.2) is 23.6 Å². The van der Waals surface area contributed by atoms with Crippen molar-refractivity contribution in [3.63, 3.8) is 0 Å². The number of halogens is 1. The first-order valence-corrected chi connectivity index (χ1v) is 8.78. The Morgan fingerprint density at radius 1 is 1.46 bits per heavy atom. The molecule has 2 atom stereocenters. The number of rotatable bonds is 4. The molecular formula is C16H23FN2O4S. The highest BCUT2D eigenvalue weighted by Gasteiger charge is 2.42. The highest BCUT2D eigenvalue weighted by Crippen LogP contribution is 2.39. The number of nitrogens with zero attached hydrogens (tertiary/aromatic N) is 2. The van der Waals surface area contributed by atoms with Crippen LogP contribution in [0.3, 0.4) is 0 Å². The summed E-state index contributed by atoms with van der Waals surface area (Å²) in [6.07, 6.45) is 2.45. The van der Waals surface area contributed by atoms with Gasteiger partial charge in [-0.05, 0) is 52.7 Å². The van der Waals surface area contributed by atoms with E-state index in [0.717, 1.165) is 0 Å². The molecule has 8 heteroatoms. The van der Waals surface area contributed by atoms with E-state index in [0.29, 0.717) is 18.4 Å².